The SMILES string of the molecule is CC(C)n1ncc(Br)c1C(O)C1(O)CCCCCC1. The molecule has 0 aliphatic heterocycles. The van der Waals surface area contributed by atoms with Gasteiger partial charge in [0.05, 0.1) is 22.0 Å². The summed E-state index contributed by atoms with van der Waals surface area (Å²) in [6.45, 7) is 4.04. The summed E-state index contributed by atoms with van der Waals surface area (Å²) in [6.07, 6.45) is 6.35. The molecular weight excluding hydrogens is 308 g/mol. The van der Waals surface area contributed by atoms with Crippen molar-refractivity contribution in [1.29, 1.82) is 0 Å². The van der Waals surface area contributed by atoms with E-state index in [2.05, 4.69) is 21.0 Å². The molecule has 0 radical (unpaired) electrons. The van der Waals surface area contributed by atoms with E-state index in [-0.39, 0.29) is 6.04 Å². The van der Waals surface area contributed by atoms with E-state index in [1.165, 1.54) is 0 Å². The first-order valence-corrected chi connectivity index (χ1v) is 7.88. The molecular formula is C14H23BrN2O2. The minimum absolute atomic E-state index is 0.158. The summed E-state index contributed by atoms with van der Waals surface area (Å²) in [4.78, 5) is 0. The smallest absolute Gasteiger partial charge is 0.125 e. The summed E-state index contributed by atoms with van der Waals surface area (Å²) < 4.78 is 2.56. The van der Waals surface area contributed by atoms with Crippen LogP contribution < -0.4 is 0 Å². The Kier molecular flexibility index (Phi) is 4.69. The van der Waals surface area contributed by atoms with Crippen LogP contribution in [0.2, 0.25) is 0 Å². The highest BCUT2D eigenvalue weighted by Crippen LogP contribution is 2.40. The average Bonchev–Trinajstić information content (AvgIpc) is 2.60. The highest BCUT2D eigenvalue weighted by atomic mass is 79.9. The van der Waals surface area contributed by atoms with Gasteiger partial charge in [0.1, 0.15) is 6.10 Å². The Morgan fingerprint density at radius 1 is 1.26 bits per heavy atom. The zero-order valence-corrected chi connectivity index (χ0v) is 13.2. The van der Waals surface area contributed by atoms with Crippen LogP contribution in [0.3, 0.4) is 0 Å². The van der Waals surface area contributed by atoms with Crippen LogP contribution in [0.15, 0.2) is 10.7 Å². The van der Waals surface area contributed by atoms with Gasteiger partial charge in [-0.2, -0.15) is 5.10 Å². The van der Waals surface area contributed by atoms with E-state index in [1.807, 2.05) is 13.8 Å². The van der Waals surface area contributed by atoms with E-state index in [1.54, 1.807) is 10.9 Å². The molecule has 0 spiro atoms. The third-order valence-electron chi connectivity index (χ3n) is 4.01. The second-order valence-corrected chi connectivity index (χ2v) is 6.69. The molecule has 4 nitrogen and oxygen atoms in total. The molecule has 2 rings (SSSR count). The number of aromatic nitrogens is 2. The molecule has 1 aliphatic carbocycles. The Bertz CT molecular complexity index is 423. The first kappa shape index (κ1) is 15.0. The van der Waals surface area contributed by atoms with Gasteiger partial charge < -0.3 is 10.2 Å². The molecule has 1 aliphatic rings. The van der Waals surface area contributed by atoms with Crippen LogP contribution in [0.4, 0.5) is 0 Å². The maximum Gasteiger partial charge on any atom is 0.125 e. The molecule has 5 heteroatoms. The Morgan fingerprint density at radius 2 is 1.84 bits per heavy atom. The second kappa shape index (κ2) is 5.94. The summed E-state index contributed by atoms with van der Waals surface area (Å²) in [7, 11) is 0. The normalized spacial score (nSPS) is 21.4. The average molecular weight is 331 g/mol. The van der Waals surface area contributed by atoms with Crippen LogP contribution in [0.25, 0.3) is 0 Å². The molecule has 1 aromatic rings. The zero-order valence-electron chi connectivity index (χ0n) is 11.6. The molecule has 1 fully saturated rings. The lowest BCUT2D eigenvalue weighted by Gasteiger charge is -2.33. The maximum atomic E-state index is 10.8. The number of aliphatic hydroxyl groups excluding tert-OH is 1. The van der Waals surface area contributed by atoms with Crippen LogP contribution in [-0.4, -0.2) is 25.6 Å². The van der Waals surface area contributed by atoms with Crippen molar-refractivity contribution in [3.05, 3.63) is 16.4 Å². The van der Waals surface area contributed by atoms with Crippen molar-refractivity contribution in [3.8, 4) is 0 Å². The first-order valence-electron chi connectivity index (χ1n) is 7.09. The summed E-state index contributed by atoms with van der Waals surface area (Å²) in [5, 5.41) is 25.8. The number of halogens is 1. The molecule has 0 amide bonds. The van der Waals surface area contributed by atoms with Crippen LogP contribution in [0.1, 0.15) is 70.2 Å². The van der Waals surface area contributed by atoms with Crippen molar-refractivity contribution in [3.63, 3.8) is 0 Å². The largest absolute Gasteiger partial charge is 0.387 e. The van der Waals surface area contributed by atoms with Crippen molar-refractivity contribution in [2.45, 2.75) is 70.1 Å². The van der Waals surface area contributed by atoms with Crippen LogP contribution in [-0.2, 0) is 0 Å². The molecule has 0 saturated heterocycles. The Morgan fingerprint density at radius 3 is 2.37 bits per heavy atom. The lowest BCUT2D eigenvalue weighted by molar-refractivity contribution is -0.0907. The first-order chi connectivity index (χ1) is 8.96. The molecule has 0 bridgehead atoms. The molecule has 0 aromatic carbocycles. The molecule has 1 saturated carbocycles. The van der Waals surface area contributed by atoms with Crippen molar-refractivity contribution in [2.75, 3.05) is 0 Å². The van der Waals surface area contributed by atoms with E-state index in [0.29, 0.717) is 18.5 Å². The van der Waals surface area contributed by atoms with Gasteiger partial charge in [-0.25, -0.2) is 0 Å². The Hall–Kier alpha value is -0.390. The second-order valence-electron chi connectivity index (χ2n) is 5.84. The number of rotatable bonds is 3. The molecule has 1 unspecified atom stereocenters. The Balaban J connectivity index is 2.32. The predicted octanol–water partition coefficient (Wildman–Crippen LogP) is 3.35. The molecule has 19 heavy (non-hydrogen) atoms. The third kappa shape index (κ3) is 3.03. The van der Waals surface area contributed by atoms with E-state index < -0.39 is 11.7 Å². The van der Waals surface area contributed by atoms with E-state index in [4.69, 9.17) is 0 Å². The summed E-state index contributed by atoms with van der Waals surface area (Å²) in [6, 6.07) is 0.158. The van der Waals surface area contributed by atoms with Gasteiger partial charge in [-0.15, -0.1) is 0 Å². The minimum Gasteiger partial charge on any atom is -0.387 e. The van der Waals surface area contributed by atoms with Crippen LogP contribution in [0.5, 0.6) is 0 Å². The number of aliphatic hydroxyl groups is 2. The highest BCUT2D eigenvalue weighted by Gasteiger charge is 2.39. The highest BCUT2D eigenvalue weighted by molar-refractivity contribution is 9.10. The lowest BCUT2D eigenvalue weighted by Crippen LogP contribution is -2.37. The molecule has 2 N–H and O–H groups in total. The lowest BCUT2D eigenvalue weighted by atomic mass is 9.86. The van der Waals surface area contributed by atoms with Gasteiger partial charge in [0.25, 0.3) is 0 Å². The van der Waals surface area contributed by atoms with Gasteiger partial charge in [-0.3, -0.25) is 4.68 Å². The standard InChI is InChI=1S/C14H23BrN2O2/c1-10(2)17-12(11(15)9-16-17)13(18)14(19)7-5-3-4-6-8-14/h9-10,13,18-19H,3-8H2,1-2H3. The fourth-order valence-corrected chi connectivity index (χ4v) is 3.38. The monoisotopic (exact) mass is 330 g/mol. The quantitative estimate of drug-likeness (QED) is 0.835. The van der Waals surface area contributed by atoms with Crippen molar-refractivity contribution in [2.24, 2.45) is 0 Å². The van der Waals surface area contributed by atoms with Gasteiger partial charge in [0.15, 0.2) is 0 Å². The van der Waals surface area contributed by atoms with Gasteiger partial charge in [-0.05, 0) is 42.6 Å². The van der Waals surface area contributed by atoms with Crippen LogP contribution in [0, 0.1) is 0 Å². The fourth-order valence-electron chi connectivity index (χ4n) is 2.89. The molecule has 1 aromatic heterocycles. The van der Waals surface area contributed by atoms with Crippen LogP contribution >= 0.6 is 15.9 Å². The van der Waals surface area contributed by atoms with Crippen molar-refractivity contribution >= 4 is 15.9 Å². The van der Waals surface area contributed by atoms with Crippen molar-refractivity contribution in [1.82, 2.24) is 9.78 Å². The summed E-state index contributed by atoms with van der Waals surface area (Å²) in [5.74, 6) is 0. The molecule has 1 heterocycles. The number of hydrogen-bond donors (Lipinski definition) is 2. The van der Waals surface area contributed by atoms with Gasteiger partial charge in [0.2, 0.25) is 0 Å². The summed E-state index contributed by atoms with van der Waals surface area (Å²) in [5.41, 5.74) is -0.328. The summed E-state index contributed by atoms with van der Waals surface area (Å²) >= 11 is 3.44. The zero-order chi connectivity index (χ0) is 14.0. The predicted molar refractivity (Wildman–Crippen MR) is 77.9 cm³/mol. The van der Waals surface area contributed by atoms with Crippen molar-refractivity contribution < 1.29 is 10.2 Å². The number of nitrogens with zero attached hydrogens (tertiary/aromatic N) is 2. The van der Waals surface area contributed by atoms with E-state index >= 15 is 0 Å². The fraction of sp³-hybridized carbons (Fsp3) is 0.786. The molecule has 1 atom stereocenters. The number of hydrogen-bond acceptors (Lipinski definition) is 3. The van der Waals surface area contributed by atoms with E-state index in [9.17, 15) is 10.2 Å². The van der Waals surface area contributed by atoms with Gasteiger partial charge >= 0.3 is 0 Å². The molecule has 108 valence electrons. The topological polar surface area (TPSA) is 58.3 Å². The van der Waals surface area contributed by atoms with E-state index in [0.717, 1.165) is 30.2 Å². The van der Waals surface area contributed by atoms with Gasteiger partial charge in [0, 0.05) is 6.04 Å². The maximum absolute atomic E-state index is 10.8. The third-order valence-corrected chi connectivity index (χ3v) is 4.62. The minimum atomic E-state index is -1.02. The van der Waals surface area contributed by atoms with Gasteiger partial charge in [-0.1, -0.05) is 25.7 Å². The Labute approximate surface area is 123 Å².